The number of anilines is 1. The SMILES string of the molecule is CC(C)c1ccc(CNc2nc[nH]c(=O)c2I)cc1. The van der Waals surface area contributed by atoms with Crippen LogP contribution in [0.3, 0.4) is 0 Å². The van der Waals surface area contributed by atoms with Crippen LogP contribution in [0.15, 0.2) is 35.4 Å². The Morgan fingerprint density at radius 3 is 2.63 bits per heavy atom. The lowest BCUT2D eigenvalue weighted by Gasteiger charge is -2.09. The van der Waals surface area contributed by atoms with Crippen LogP contribution in [0.4, 0.5) is 5.82 Å². The Morgan fingerprint density at radius 1 is 1.32 bits per heavy atom. The number of nitrogens with zero attached hydrogens (tertiary/aromatic N) is 1. The van der Waals surface area contributed by atoms with E-state index in [0.717, 1.165) is 0 Å². The van der Waals surface area contributed by atoms with Crippen molar-refractivity contribution in [3.05, 3.63) is 55.6 Å². The molecule has 2 rings (SSSR count). The van der Waals surface area contributed by atoms with E-state index in [1.807, 2.05) is 22.6 Å². The van der Waals surface area contributed by atoms with Gasteiger partial charge in [-0.1, -0.05) is 38.1 Å². The van der Waals surface area contributed by atoms with Crippen LogP contribution < -0.4 is 10.9 Å². The molecule has 0 aliphatic heterocycles. The molecule has 0 fully saturated rings. The summed E-state index contributed by atoms with van der Waals surface area (Å²) in [5.74, 6) is 1.16. The molecule has 2 aromatic rings. The topological polar surface area (TPSA) is 57.8 Å². The number of aromatic nitrogens is 2. The van der Waals surface area contributed by atoms with Gasteiger partial charge in [0.05, 0.1) is 6.33 Å². The molecule has 4 nitrogen and oxygen atoms in total. The van der Waals surface area contributed by atoms with Crippen LogP contribution in [0, 0.1) is 3.57 Å². The van der Waals surface area contributed by atoms with E-state index in [0.29, 0.717) is 21.9 Å². The van der Waals surface area contributed by atoms with Gasteiger partial charge in [-0.15, -0.1) is 0 Å². The van der Waals surface area contributed by atoms with Crippen molar-refractivity contribution in [1.29, 1.82) is 0 Å². The molecule has 2 N–H and O–H groups in total. The van der Waals surface area contributed by atoms with Crippen LogP contribution in [-0.4, -0.2) is 9.97 Å². The second-order valence-electron chi connectivity index (χ2n) is 4.64. The first-order valence-electron chi connectivity index (χ1n) is 6.14. The van der Waals surface area contributed by atoms with E-state index in [1.165, 1.54) is 17.5 Å². The standard InChI is InChI=1S/C14H16IN3O/c1-9(2)11-5-3-10(4-6-11)7-16-13-12(15)14(19)18-8-17-13/h3-6,8-9H,7H2,1-2H3,(H2,16,17,18,19). The Labute approximate surface area is 125 Å². The zero-order valence-corrected chi connectivity index (χ0v) is 13.1. The van der Waals surface area contributed by atoms with E-state index in [4.69, 9.17) is 0 Å². The van der Waals surface area contributed by atoms with Crippen molar-refractivity contribution >= 4 is 28.4 Å². The van der Waals surface area contributed by atoms with Crippen LogP contribution in [0.2, 0.25) is 0 Å². The maximum atomic E-state index is 11.4. The molecule has 0 amide bonds. The third-order valence-electron chi connectivity index (χ3n) is 2.90. The third-order valence-corrected chi connectivity index (χ3v) is 3.90. The van der Waals surface area contributed by atoms with Crippen molar-refractivity contribution in [2.75, 3.05) is 5.32 Å². The van der Waals surface area contributed by atoms with E-state index in [2.05, 4.69) is 53.4 Å². The van der Waals surface area contributed by atoms with Gasteiger partial charge in [0.25, 0.3) is 5.56 Å². The predicted molar refractivity (Wildman–Crippen MR) is 85.4 cm³/mol. The Morgan fingerprint density at radius 2 is 2.00 bits per heavy atom. The molecule has 0 aliphatic carbocycles. The molecule has 0 unspecified atom stereocenters. The highest BCUT2D eigenvalue weighted by Crippen LogP contribution is 2.16. The average molecular weight is 369 g/mol. The first kappa shape index (κ1) is 14.0. The van der Waals surface area contributed by atoms with Crippen LogP contribution >= 0.6 is 22.6 Å². The number of halogens is 1. The lowest BCUT2D eigenvalue weighted by atomic mass is 10.0. The molecule has 1 heterocycles. The molecule has 0 spiro atoms. The van der Waals surface area contributed by atoms with E-state index in [1.54, 1.807) is 0 Å². The molecule has 0 bridgehead atoms. The molecule has 1 aromatic carbocycles. The van der Waals surface area contributed by atoms with Crippen molar-refractivity contribution in [2.45, 2.75) is 26.3 Å². The Hall–Kier alpha value is -1.37. The smallest absolute Gasteiger partial charge is 0.266 e. The van der Waals surface area contributed by atoms with Crippen LogP contribution in [0.1, 0.15) is 30.9 Å². The highest BCUT2D eigenvalue weighted by atomic mass is 127. The fourth-order valence-corrected chi connectivity index (χ4v) is 2.20. The summed E-state index contributed by atoms with van der Waals surface area (Å²) in [5, 5.41) is 3.18. The van der Waals surface area contributed by atoms with Crippen molar-refractivity contribution in [1.82, 2.24) is 9.97 Å². The maximum Gasteiger partial charge on any atom is 0.266 e. The summed E-state index contributed by atoms with van der Waals surface area (Å²) in [6.45, 7) is 5.01. The fourth-order valence-electron chi connectivity index (χ4n) is 1.71. The summed E-state index contributed by atoms with van der Waals surface area (Å²) in [6.07, 6.45) is 1.41. The maximum absolute atomic E-state index is 11.4. The van der Waals surface area contributed by atoms with Gasteiger partial charge in [0.1, 0.15) is 9.39 Å². The average Bonchev–Trinajstić information content (AvgIpc) is 2.41. The predicted octanol–water partition coefficient (Wildman–Crippen LogP) is 3.11. The van der Waals surface area contributed by atoms with Crippen LogP contribution in [-0.2, 0) is 6.54 Å². The zero-order valence-electron chi connectivity index (χ0n) is 10.9. The second-order valence-corrected chi connectivity index (χ2v) is 5.72. The van der Waals surface area contributed by atoms with Gasteiger partial charge in [-0.3, -0.25) is 4.79 Å². The number of aromatic amines is 1. The van der Waals surface area contributed by atoms with Crippen molar-refractivity contribution in [2.24, 2.45) is 0 Å². The van der Waals surface area contributed by atoms with Crippen molar-refractivity contribution in [3.63, 3.8) is 0 Å². The molecule has 0 saturated carbocycles. The monoisotopic (exact) mass is 369 g/mol. The van der Waals surface area contributed by atoms with Gasteiger partial charge in [-0.25, -0.2) is 4.98 Å². The van der Waals surface area contributed by atoms with Crippen LogP contribution in [0.25, 0.3) is 0 Å². The van der Waals surface area contributed by atoms with Crippen LogP contribution in [0.5, 0.6) is 0 Å². The molecule has 19 heavy (non-hydrogen) atoms. The first-order chi connectivity index (χ1) is 9.08. The van der Waals surface area contributed by atoms with Gasteiger partial charge in [-0.2, -0.15) is 0 Å². The zero-order chi connectivity index (χ0) is 13.8. The summed E-state index contributed by atoms with van der Waals surface area (Å²) >= 11 is 1.99. The number of rotatable bonds is 4. The highest BCUT2D eigenvalue weighted by molar-refractivity contribution is 14.1. The summed E-state index contributed by atoms with van der Waals surface area (Å²) in [4.78, 5) is 18.1. The Bertz CT molecular complexity index is 605. The van der Waals surface area contributed by atoms with Gasteiger partial charge in [0, 0.05) is 6.54 Å². The van der Waals surface area contributed by atoms with Gasteiger partial charge in [0.2, 0.25) is 0 Å². The molecule has 0 saturated heterocycles. The number of hydrogen-bond donors (Lipinski definition) is 2. The minimum atomic E-state index is -0.117. The van der Waals surface area contributed by atoms with Gasteiger partial charge < -0.3 is 10.3 Å². The molecular weight excluding hydrogens is 353 g/mol. The number of hydrogen-bond acceptors (Lipinski definition) is 3. The largest absolute Gasteiger partial charge is 0.365 e. The summed E-state index contributed by atoms with van der Waals surface area (Å²) in [6, 6.07) is 8.47. The molecular formula is C14H16IN3O. The molecule has 5 heteroatoms. The quantitative estimate of drug-likeness (QED) is 0.815. The van der Waals surface area contributed by atoms with Gasteiger partial charge in [-0.05, 0) is 39.6 Å². The molecule has 0 aliphatic rings. The van der Waals surface area contributed by atoms with Gasteiger partial charge in [0.15, 0.2) is 0 Å². The second kappa shape index (κ2) is 6.18. The Kier molecular flexibility index (Phi) is 4.57. The number of nitrogens with one attached hydrogen (secondary N) is 2. The van der Waals surface area contributed by atoms with E-state index in [-0.39, 0.29) is 5.56 Å². The summed E-state index contributed by atoms with van der Waals surface area (Å²) < 4.78 is 0.582. The minimum Gasteiger partial charge on any atom is -0.365 e. The normalized spacial score (nSPS) is 10.7. The van der Waals surface area contributed by atoms with E-state index < -0.39 is 0 Å². The molecule has 0 radical (unpaired) electrons. The number of H-pyrrole nitrogens is 1. The third kappa shape index (κ3) is 3.56. The van der Waals surface area contributed by atoms with Crippen molar-refractivity contribution in [3.8, 4) is 0 Å². The summed E-state index contributed by atoms with van der Waals surface area (Å²) in [7, 11) is 0. The Balaban J connectivity index is 2.06. The van der Waals surface area contributed by atoms with Crippen molar-refractivity contribution < 1.29 is 0 Å². The molecule has 0 atom stereocenters. The summed E-state index contributed by atoms with van der Waals surface area (Å²) in [5.41, 5.74) is 2.38. The first-order valence-corrected chi connectivity index (χ1v) is 7.21. The molecule has 100 valence electrons. The fraction of sp³-hybridized carbons (Fsp3) is 0.286. The lowest BCUT2D eigenvalue weighted by Crippen LogP contribution is -2.14. The highest BCUT2D eigenvalue weighted by Gasteiger charge is 2.04. The minimum absolute atomic E-state index is 0.117. The molecule has 1 aromatic heterocycles. The van der Waals surface area contributed by atoms with E-state index >= 15 is 0 Å². The van der Waals surface area contributed by atoms with E-state index in [9.17, 15) is 4.79 Å². The lowest BCUT2D eigenvalue weighted by molar-refractivity contribution is 0.865. The number of benzene rings is 1. The van der Waals surface area contributed by atoms with Gasteiger partial charge >= 0.3 is 0 Å².